The summed E-state index contributed by atoms with van der Waals surface area (Å²) in [5.41, 5.74) is 1.30. The van der Waals surface area contributed by atoms with E-state index < -0.39 is 0 Å². The molecule has 0 aliphatic rings. The molecule has 0 spiro atoms. The standard InChI is InChI=1S/C14H21NO2/c1-4-11(3)12-6-8-13(9-7-12)17-10-14(16)15-5-2/h6-9,11H,4-5,10H2,1-3H3,(H,15,16). The first kappa shape index (κ1) is 13.6. The summed E-state index contributed by atoms with van der Waals surface area (Å²) >= 11 is 0. The predicted octanol–water partition coefficient (Wildman–Crippen LogP) is 2.72. The summed E-state index contributed by atoms with van der Waals surface area (Å²) < 4.78 is 5.38. The van der Waals surface area contributed by atoms with Crippen LogP contribution < -0.4 is 10.1 Å². The van der Waals surface area contributed by atoms with Gasteiger partial charge in [0.25, 0.3) is 5.91 Å². The molecule has 1 atom stereocenters. The fourth-order valence-corrected chi connectivity index (χ4v) is 1.53. The van der Waals surface area contributed by atoms with Gasteiger partial charge in [-0.1, -0.05) is 26.0 Å². The first-order chi connectivity index (χ1) is 8.17. The van der Waals surface area contributed by atoms with Gasteiger partial charge in [-0.15, -0.1) is 0 Å². The number of hydrogen-bond donors (Lipinski definition) is 1. The molecule has 0 heterocycles. The lowest BCUT2D eigenvalue weighted by Gasteiger charge is -2.10. The molecule has 1 aromatic rings. The van der Waals surface area contributed by atoms with Crippen molar-refractivity contribution < 1.29 is 9.53 Å². The van der Waals surface area contributed by atoms with Crippen LogP contribution in [0.4, 0.5) is 0 Å². The van der Waals surface area contributed by atoms with Gasteiger partial charge in [-0.3, -0.25) is 4.79 Å². The van der Waals surface area contributed by atoms with Crippen molar-refractivity contribution in [2.45, 2.75) is 33.1 Å². The number of hydrogen-bond acceptors (Lipinski definition) is 2. The average Bonchev–Trinajstić information content (AvgIpc) is 2.36. The lowest BCUT2D eigenvalue weighted by atomic mass is 9.99. The van der Waals surface area contributed by atoms with Crippen LogP contribution in [-0.2, 0) is 4.79 Å². The van der Waals surface area contributed by atoms with Crippen LogP contribution in [0.25, 0.3) is 0 Å². The third-order valence-electron chi connectivity index (χ3n) is 2.81. The summed E-state index contributed by atoms with van der Waals surface area (Å²) in [6.07, 6.45) is 1.12. The zero-order valence-electron chi connectivity index (χ0n) is 10.8. The van der Waals surface area contributed by atoms with Crippen molar-refractivity contribution in [1.29, 1.82) is 0 Å². The topological polar surface area (TPSA) is 38.3 Å². The largest absolute Gasteiger partial charge is 0.484 e. The molecule has 0 fully saturated rings. The van der Waals surface area contributed by atoms with Crippen LogP contribution in [0.3, 0.4) is 0 Å². The fraction of sp³-hybridized carbons (Fsp3) is 0.500. The third kappa shape index (κ3) is 4.47. The first-order valence-electron chi connectivity index (χ1n) is 6.16. The zero-order chi connectivity index (χ0) is 12.7. The summed E-state index contributed by atoms with van der Waals surface area (Å²) in [5, 5.41) is 2.69. The molecule has 94 valence electrons. The van der Waals surface area contributed by atoms with Crippen LogP contribution in [0.2, 0.25) is 0 Å². The van der Waals surface area contributed by atoms with Gasteiger partial charge in [0.15, 0.2) is 6.61 Å². The van der Waals surface area contributed by atoms with Crippen molar-refractivity contribution >= 4 is 5.91 Å². The van der Waals surface area contributed by atoms with Crippen molar-refractivity contribution in [2.24, 2.45) is 0 Å². The maximum Gasteiger partial charge on any atom is 0.257 e. The van der Waals surface area contributed by atoms with E-state index in [9.17, 15) is 4.79 Å². The van der Waals surface area contributed by atoms with Crippen molar-refractivity contribution in [3.05, 3.63) is 29.8 Å². The summed E-state index contributed by atoms with van der Waals surface area (Å²) in [4.78, 5) is 11.2. The lowest BCUT2D eigenvalue weighted by molar-refractivity contribution is -0.122. The maximum absolute atomic E-state index is 11.2. The summed E-state index contributed by atoms with van der Waals surface area (Å²) in [6.45, 7) is 6.97. The van der Waals surface area contributed by atoms with E-state index in [4.69, 9.17) is 4.74 Å². The Hall–Kier alpha value is -1.51. The smallest absolute Gasteiger partial charge is 0.257 e. The molecule has 0 saturated heterocycles. The summed E-state index contributed by atoms with van der Waals surface area (Å²) in [6, 6.07) is 7.95. The van der Waals surface area contributed by atoms with E-state index >= 15 is 0 Å². The van der Waals surface area contributed by atoms with Gasteiger partial charge in [0.05, 0.1) is 0 Å². The minimum Gasteiger partial charge on any atom is -0.484 e. The van der Waals surface area contributed by atoms with Gasteiger partial charge in [0.2, 0.25) is 0 Å². The first-order valence-corrected chi connectivity index (χ1v) is 6.16. The molecule has 0 bridgehead atoms. The fourth-order valence-electron chi connectivity index (χ4n) is 1.53. The Kier molecular flexibility index (Phi) is 5.53. The number of carbonyl (C=O) groups is 1. The number of benzene rings is 1. The molecule has 1 unspecified atom stereocenters. The van der Waals surface area contributed by atoms with Crippen LogP contribution in [0.15, 0.2) is 24.3 Å². The highest BCUT2D eigenvalue weighted by Crippen LogP contribution is 2.21. The number of amides is 1. The second-order valence-corrected chi connectivity index (χ2v) is 4.12. The molecule has 0 aliphatic heterocycles. The average molecular weight is 235 g/mol. The molecule has 1 amide bonds. The highest BCUT2D eigenvalue weighted by molar-refractivity contribution is 5.77. The van der Waals surface area contributed by atoms with Gasteiger partial charge >= 0.3 is 0 Å². The predicted molar refractivity (Wildman–Crippen MR) is 69.3 cm³/mol. The Balaban J connectivity index is 2.48. The van der Waals surface area contributed by atoms with Gasteiger partial charge < -0.3 is 10.1 Å². The highest BCUT2D eigenvalue weighted by atomic mass is 16.5. The minimum atomic E-state index is -0.0847. The normalized spacial score (nSPS) is 11.9. The monoisotopic (exact) mass is 235 g/mol. The van der Waals surface area contributed by atoms with Gasteiger partial charge in [-0.05, 0) is 37.0 Å². The Bertz CT molecular complexity index is 346. The Morgan fingerprint density at radius 3 is 2.47 bits per heavy atom. The number of rotatable bonds is 6. The highest BCUT2D eigenvalue weighted by Gasteiger charge is 2.04. The van der Waals surface area contributed by atoms with Crippen molar-refractivity contribution in [3.8, 4) is 5.75 Å². The molecule has 3 heteroatoms. The number of nitrogens with one attached hydrogen (secondary N) is 1. The molecule has 0 aliphatic carbocycles. The molecule has 3 nitrogen and oxygen atoms in total. The van der Waals surface area contributed by atoms with E-state index in [0.717, 1.165) is 12.2 Å². The summed E-state index contributed by atoms with van der Waals surface area (Å²) in [5.74, 6) is 1.22. The zero-order valence-corrected chi connectivity index (χ0v) is 10.8. The second-order valence-electron chi connectivity index (χ2n) is 4.12. The third-order valence-corrected chi connectivity index (χ3v) is 2.81. The van der Waals surface area contributed by atoms with E-state index in [0.29, 0.717) is 12.5 Å². The molecule has 0 radical (unpaired) electrons. The van der Waals surface area contributed by atoms with Crippen molar-refractivity contribution in [2.75, 3.05) is 13.2 Å². The second kappa shape index (κ2) is 6.94. The molecule has 1 rings (SSSR count). The molecule has 0 aromatic heterocycles. The van der Waals surface area contributed by atoms with Crippen LogP contribution in [0.5, 0.6) is 5.75 Å². The summed E-state index contributed by atoms with van der Waals surface area (Å²) in [7, 11) is 0. The van der Waals surface area contributed by atoms with E-state index in [-0.39, 0.29) is 12.5 Å². The molecular weight excluding hydrogens is 214 g/mol. The Morgan fingerprint density at radius 2 is 1.94 bits per heavy atom. The van der Waals surface area contributed by atoms with Crippen LogP contribution in [0, 0.1) is 0 Å². The van der Waals surface area contributed by atoms with E-state index in [1.165, 1.54) is 5.56 Å². The van der Waals surface area contributed by atoms with E-state index in [1.807, 2.05) is 19.1 Å². The van der Waals surface area contributed by atoms with Gasteiger partial charge in [-0.25, -0.2) is 0 Å². The molecular formula is C14H21NO2. The number of carbonyl (C=O) groups excluding carboxylic acids is 1. The van der Waals surface area contributed by atoms with Gasteiger partial charge in [-0.2, -0.15) is 0 Å². The maximum atomic E-state index is 11.2. The lowest BCUT2D eigenvalue weighted by Crippen LogP contribution is -2.28. The van der Waals surface area contributed by atoms with Crippen LogP contribution >= 0.6 is 0 Å². The molecule has 17 heavy (non-hydrogen) atoms. The van der Waals surface area contributed by atoms with Gasteiger partial charge in [0.1, 0.15) is 5.75 Å². The Labute approximate surface area is 103 Å². The molecule has 1 aromatic carbocycles. The SMILES string of the molecule is CCNC(=O)COc1ccc(C(C)CC)cc1. The van der Waals surface area contributed by atoms with Crippen molar-refractivity contribution in [1.82, 2.24) is 5.32 Å². The Morgan fingerprint density at radius 1 is 1.29 bits per heavy atom. The molecule has 0 saturated carbocycles. The molecule has 1 N–H and O–H groups in total. The van der Waals surface area contributed by atoms with Crippen molar-refractivity contribution in [3.63, 3.8) is 0 Å². The van der Waals surface area contributed by atoms with E-state index in [2.05, 4.69) is 31.3 Å². The quantitative estimate of drug-likeness (QED) is 0.823. The number of ether oxygens (including phenoxy) is 1. The van der Waals surface area contributed by atoms with Crippen LogP contribution in [-0.4, -0.2) is 19.1 Å². The number of likely N-dealkylation sites (N-methyl/N-ethyl adjacent to an activating group) is 1. The van der Waals surface area contributed by atoms with Gasteiger partial charge in [0, 0.05) is 6.54 Å². The van der Waals surface area contributed by atoms with Crippen LogP contribution in [0.1, 0.15) is 38.7 Å². The van der Waals surface area contributed by atoms with E-state index in [1.54, 1.807) is 0 Å². The minimum absolute atomic E-state index is 0.0799.